The van der Waals surface area contributed by atoms with Crippen molar-refractivity contribution in [3.8, 4) is 0 Å². The van der Waals surface area contributed by atoms with Crippen LogP contribution in [-0.4, -0.2) is 33.5 Å². The first kappa shape index (κ1) is 21.1. The SMILES string of the molecule is Cc1ccc(C(=O)N2C(C(=O)NCc3ccccn3)CSC2c2cccc(F)c2)cc1. The second-order valence-corrected chi connectivity index (χ2v) is 8.49. The second kappa shape index (κ2) is 9.31. The number of nitrogens with one attached hydrogen (secondary N) is 1. The summed E-state index contributed by atoms with van der Waals surface area (Å²) < 4.78 is 13.9. The molecule has 0 saturated carbocycles. The zero-order valence-corrected chi connectivity index (χ0v) is 17.8. The van der Waals surface area contributed by atoms with Gasteiger partial charge in [-0.15, -0.1) is 11.8 Å². The Morgan fingerprint density at radius 1 is 1.13 bits per heavy atom. The Bertz CT molecular complexity index is 1080. The van der Waals surface area contributed by atoms with Crippen LogP contribution in [0.3, 0.4) is 0 Å². The van der Waals surface area contributed by atoms with Crippen LogP contribution in [-0.2, 0) is 11.3 Å². The predicted molar refractivity (Wildman–Crippen MR) is 119 cm³/mol. The van der Waals surface area contributed by atoms with Gasteiger partial charge in [-0.25, -0.2) is 4.39 Å². The first-order valence-corrected chi connectivity index (χ1v) is 11.0. The average molecular weight is 436 g/mol. The van der Waals surface area contributed by atoms with Gasteiger partial charge >= 0.3 is 0 Å². The summed E-state index contributed by atoms with van der Waals surface area (Å²) in [4.78, 5) is 32.3. The van der Waals surface area contributed by atoms with Crippen molar-refractivity contribution in [2.45, 2.75) is 24.9 Å². The molecule has 1 fully saturated rings. The lowest BCUT2D eigenvalue weighted by Crippen LogP contribution is -2.47. The van der Waals surface area contributed by atoms with Crippen LogP contribution in [0.5, 0.6) is 0 Å². The minimum absolute atomic E-state index is 0.252. The van der Waals surface area contributed by atoms with Gasteiger partial charge in [-0.05, 0) is 48.9 Å². The first-order chi connectivity index (χ1) is 15.0. The van der Waals surface area contributed by atoms with Gasteiger partial charge in [0.25, 0.3) is 5.91 Å². The summed E-state index contributed by atoms with van der Waals surface area (Å²) in [5.74, 6) is -0.453. The molecule has 158 valence electrons. The van der Waals surface area contributed by atoms with Crippen molar-refractivity contribution >= 4 is 23.6 Å². The predicted octanol–water partition coefficient (Wildman–Crippen LogP) is 4.10. The molecule has 2 heterocycles. The largest absolute Gasteiger partial charge is 0.349 e. The second-order valence-electron chi connectivity index (χ2n) is 7.37. The number of thioether (sulfide) groups is 1. The lowest BCUT2D eigenvalue weighted by molar-refractivity contribution is -0.125. The summed E-state index contributed by atoms with van der Waals surface area (Å²) in [6.07, 6.45) is 1.67. The van der Waals surface area contributed by atoms with Crippen molar-refractivity contribution in [3.63, 3.8) is 0 Å². The van der Waals surface area contributed by atoms with Crippen molar-refractivity contribution in [1.82, 2.24) is 15.2 Å². The van der Waals surface area contributed by atoms with Crippen LogP contribution in [0, 0.1) is 12.7 Å². The van der Waals surface area contributed by atoms with Gasteiger partial charge in [0.15, 0.2) is 0 Å². The van der Waals surface area contributed by atoms with E-state index in [1.165, 1.54) is 23.9 Å². The molecule has 31 heavy (non-hydrogen) atoms. The van der Waals surface area contributed by atoms with E-state index in [4.69, 9.17) is 0 Å². The number of aryl methyl sites for hydroxylation is 1. The molecule has 3 aromatic rings. The maximum absolute atomic E-state index is 13.9. The standard InChI is InChI=1S/C24H22FN3O2S/c1-16-8-10-17(11-9-16)23(30)28-21(22(29)27-14-20-7-2-3-12-26-20)15-31-24(28)18-5-4-6-19(25)13-18/h2-13,21,24H,14-15H2,1H3,(H,27,29). The number of halogens is 1. The topological polar surface area (TPSA) is 62.3 Å². The number of carbonyl (C=O) groups excluding carboxylic acids is 2. The molecular formula is C24H22FN3O2S. The molecule has 0 radical (unpaired) electrons. The maximum Gasteiger partial charge on any atom is 0.255 e. The van der Waals surface area contributed by atoms with Gasteiger partial charge in [0.2, 0.25) is 5.91 Å². The zero-order valence-electron chi connectivity index (χ0n) is 17.0. The number of benzene rings is 2. The van der Waals surface area contributed by atoms with E-state index in [0.717, 1.165) is 11.3 Å². The molecule has 2 atom stereocenters. The van der Waals surface area contributed by atoms with Crippen LogP contribution in [0.4, 0.5) is 4.39 Å². The average Bonchev–Trinajstić information content (AvgIpc) is 3.23. The van der Waals surface area contributed by atoms with E-state index in [1.807, 2.05) is 37.3 Å². The Morgan fingerprint density at radius 3 is 2.65 bits per heavy atom. The molecule has 0 bridgehead atoms. The fourth-order valence-electron chi connectivity index (χ4n) is 3.52. The van der Waals surface area contributed by atoms with Gasteiger partial charge in [0.05, 0.1) is 12.2 Å². The summed E-state index contributed by atoms with van der Waals surface area (Å²) in [5.41, 5.74) is 2.93. The van der Waals surface area contributed by atoms with E-state index in [1.54, 1.807) is 35.4 Å². The van der Waals surface area contributed by atoms with Crippen molar-refractivity contribution in [3.05, 3.63) is 101 Å². The number of hydrogen-bond acceptors (Lipinski definition) is 4. The van der Waals surface area contributed by atoms with E-state index in [2.05, 4.69) is 10.3 Å². The van der Waals surface area contributed by atoms with Gasteiger partial charge in [-0.3, -0.25) is 14.6 Å². The van der Waals surface area contributed by atoms with Gasteiger partial charge < -0.3 is 10.2 Å². The molecule has 0 spiro atoms. The maximum atomic E-state index is 13.9. The van der Waals surface area contributed by atoms with Crippen molar-refractivity contribution in [2.24, 2.45) is 0 Å². The van der Waals surface area contributed by atoms with Crippen LogP contribution < -0.4 is 5.32 Å². The Labute approximate surface area is 184 Å². The molecule has 1 N–H and O–H groups in total. The summed E-state index contributed by atoms with van der Waals surface area (Å²) in [5, 5.41) is 2.44. The monoisotopic (exact) mass is 435 g/mol. The molecule has 2 amide bonds. The Morgan fingerprint density at radius 2 is 1.94 bits per heavy atom. The van der Waals surface area contributed by atoms with E-state index in [9.17, 15) is 14.0 Å². The van der Waals surface area contributed by atoms with E-state index in [-0.39, 0.29) is 24.2 Å². The number of carbonyl (C=O) groups is 2. The molecule has 1 saturated heterocycles. The number of amides is 2. The highest BCUT2D eigenvalue weighted by Gasteiger charge is 2.42. The molecule has 1 aliphatic heterocycles. The normalized spacial score (nSPS) is 18.1. The van der Waals surface area contributed by atoms with Gasteiger partial charge in [0, 0.05) is 17.5 Å². The highest BCUT2D eigenvalue weighted by Crippen LogP contribution is 2.42. The molecular weight excluding hydrogens is 413 g/mol. The van der Waals surface area contributed by atoms with E-state index >= 15 is 0 Å². The first-order valence-electron chi connectivity index (χ1n) is 9.97. The van der Waals surface area contributed by atoms with Gasteiger partial charge in [0.1, 0.15) is 17.2 Å². The van der Waals surface area contributed by atoms with Crippen molar-refractivity contribution < 1.29 is 14.0 Å². The van der Waals surface area contributed by atoms with Crippen LogP contribution in [0.15, 0.2) is 72.9 Å². The molecule has 5 nitrogen and oxygen atoms in total. The van der Waals surface area contributed by atoms with Crippen LogP contribution in [0.1, 0.15) is 32.6 Å². The third-order valence-electron chi connectivity index (χ3n) is 5.14. The smallest absolute Gasteiger partial charge is 0.255 e. The summed E-state index contributed by atoms with van der Waals surface area (Å²) in [6.45, 7) is 2.22. The third kappa shape index (κ3) is 4.77. The Hall–Kier alpha value is -3.19. The minimum Gasteiger partial charge on any atom is -0.349 e. The van der Waals surface area contributed by atoms with Gasteiger partial charge in [-0.1, -0.05) is 35.9 Å². The van der Waals surface area contributed by atoms with E-state index < -0.39 is 11.4 Å². The van der Waals surface area contributed by atoms with Crippen LogP contribution >= 0.6 is 11.8 Å². The molecule has 1 aliphatic rings. The summed E-state index contributed by atoms with van der Waals surface area (Å²) >= 11 is 1.46. The lowest BCUT2D eigenvalue weighted by Gasteiger charge is -2.29. The number of rotatable bonds is 5. The minimum atomic E-state index is -0.671. The van der Waals surface area contributed by atoms with E-state index in [0.29, 0.717) is 16.9 Å². The van der Waals surface area contributed by atoms with Gasteiger partial charge in [-0.2, -0.15) is 0 Å². The molecule has 2 aromatic carbocycles. The number of nitrogens with zero attached hydrogens (tertiary/aromatic N) is 2. The summed E-state index contributed by atoms with van der Waals surface area (Å²) in [7, 11) is 0. The molecule has 0 aliphatic carbocycles. The fraction of sp³-hybridized carbons (Fsp3) is 0.208. The van der Waals surface area contributed by atoms with Crippen molar-refractivity contribution in [1.29, 1.82) is 0 Å². The third-order valence-corrected chi connectivity index (χ3v) is 6.46. The summed E-state index contributed by atoms with van der Waals surface area (Å²) in [6, 6.07) is 18.3. The fourth-order valence-corrected chi connectivity index (χ4v) is 4.94. The highest BCUT2D eigenvalue weighted by atomic mass is 32.2. The zero-order chi connectivity index (χ0) is 21.8. The highest BCUT2D eigenvalue weighted by molar-refractivity contribution is 7.99. The van der Waals surface area contributed by atoms with Crippen molar-refractivity contribution in [2.75, 3.05) is 5.75 Å². The quantitative estimate of drug-likeness (QED) is 0.655. The molecule has 1 aromatic heterocycles. The molecule has 2 unspecified atom stereocenters. The molecule has 7 heteroatoms. The molecule has 4 rings (SSSR count). The Kier molecular flexibility index (Phi) is 6.32. The van der Waals surface area contributed by atoms with Crippen LogP contribution in [0.25, 0.3) is 0 Å². The number of aromatic nitrogens is 1. The lowest BCUT2D eigenvalue weighted by atomic mass is 10.1. The Balaban J connectivity index is 1.61. The number of pyridine rings is 1. The van der Waals surface area contributed by atoms with Crippen LogP contribution in [0.2, 0.25) is 0 Å². The number of hydrogen-bond donors (Lipinski definition) is 1.